The minimum atomic E-state index is -0.963. The number of nitrogens with one attached hydrogen (secondary N) is 1. The molecule has 0 radical (unpaired) electrons. The number of ether oxygens (including phenoxy) is 1. The molecule has 2 atom stereocenters. The molecule has 1 heterocycles. The molecule has 4 N–H and O–H groups in total. The number of rotatable bonds is 4. The van der Waals surface area contributed by atoms with Gasteiger partial charge in [-0.1, -0.05) is 12.1 Å². The second-order valence-corrected chi connectivity index (χ2v) is 4.60. The number of aliphatic carboxylic acids is 1. The molecule has 1 aromatic carbocycles. The Kier molecular flexibility index (Phi) is 4.37. The van der Waals surface area contributed by atoms with Crippen molar-refractivity contribution in [2.45, 2.75) is 6.04 Å². The third-order valence-electron chi connectivity index (χ3n) is 3.09. The number of hydrogen-bond donors (Lipinski definition) is 3. The molecule has 1 aromatic rings. The van der Waals surface area contributed by atoms with Crippen LogP contribution in [-0.4, -0.2) is 36.2 Å². The van der Waals surface area contributed by atoms with Gasteiger partial charge in [0.15, 0.2) is 0 Å². The van der Waals surface area contributed by atoms with E-state index in [1.807, 2.05) is 0 Å². The molecule has 2 rings (SSSR count). The number of carboxylic acids is 1. The number of carboxylic acid groups (broad SMARTS) is 1. The smallest absolute Gasteiger partial charge is 0.311 e. The molecule has 1 amide bonds. The number of hydrogen-bond acceptors (Lipinski definition) is 4. The third kappa shape index (κ3) is 3.58. The molecule has 6 nitrogen and oxygen atoms in total. The molecule has 106 valence electrons. The van der Waals surface area contributed by atoms with Crippen LogP contribution < -0.4 is 11.1 Å². The Balaban J connectivity index is 1.92. The number of amides is 1. The zero-order valence-corrected chi connectivity index (χ0v) is 10.8. The van der Waals surface area contributed by atoms with Gasteiger partial charge in [0.2, 0.25) is 5.91 Å². The van der Waals surface area contributed by atoms with E-state index in [2.05, 4.69) is 5.32 Å². The Labute approximate surface area is 116 Å². The number of carbonyl (C=O) groups is 2. The lowest BCUT2D eigenvalue weighted by atomic mass is 10.0. The minimum absolute atomic E-state index is 0.127. The van der Waals surface area contributed by atoms with Crippen molar-refractivity contribution < 1.29 is 19.4 Å². The van der Waals surface area contributed by atoms with Gasteiger partial charge in [-0.15, -0.1) is 0 Å². The molecule has 6 heteroatoms. The second kappa shape index (κ2) is 6.21. The van der Waals surface area contributed by atoms with Crippen molar-refractivity contribution in [2.75, 3.05) is 18.9 Å². The normalized spacial score (nSPS) is 22.0. The van der Waals surface area contributed by atoms with Crippen molar-refractivity contribution in [3.63, 3.8) is 0 Å². The summed E-state index contributed by atoms with van der Waals surface area (Å²) < 4.78 is 5.07. The van der Waals surface area contributed by atoms with Crippen LogP contribution in [0, 0.1) is 5.92 Å². The predicted molar refractivity (Wildman–Crippen MR) is 73.8 cm³/mol. The van der Waals surface area contributed by atoms with Gasteiger partial charge in [0, 0.05) is 11.8 Å². The van der Waals surface area contributed by atoms with Gasteiger partial charge in [-0.2, -0.15) is 0 Å². The van der Waals surface area contributed by atoms with Crippen molar-refractivity contribution in [3.05, 3.63) is 35.9 Å². The summed E-state index contributed by atoms with van der Waals surface area (Å²) in [4.78, 5) is 22.7. The van der Waals surface area contributed by atoms with Crippen LogP contribution in [0.4, 0.5) is 5.69 Å². The Hall–Kier alpha value is -2.34. The van der Waals surface area contributed by atoms with Crippen molar-refractivity contribution >= 4 is 23.6 Å². The first-order valence-corrected chi connectivity index (χ1v) is 6.21. The molecule has 1 saturated heterocycles. The van der Waals surface area contributed by atoms with E-state index in [9.17, 15) is 9.59 Å². The quantitative estimate of drug-likeness (QED) is 0.549. The van der Waals surface area contributed by atoms with Crippen LogP contribution in [0.2, 0.25) is 0 Å². The predicted octanol–water partition coefficient (Wildman–Crippen LogP) is 0.498. The summed E-state index contributed by atoms with van der Waals surface area (Å²) in [6.07, 6.45) is 3.00. The first-order chi connectivity index (χ1) is 9.56. The van der Waals surface area contributed by atoms with Crippen molar-refractivity contribution in [1.29, 1.82) is 0 Å². The molecule has 1 aliphatic heterocycles. The molecule has 0 spiro atoms. The number of anilines is 1. The average Bonchev–Trinajstić information content (AvgIpc) is 2.86. The van der Waals surface area contributed by atoms with Crippen LogP contribution >= 0.6 is 0 Å². The van der Waals surface area contributed by atoms with E-state index in [0.717, 1.165) is 5.56 Å². The lowest BCUT2D eigenvalue weighted by Gasteiger charge is -2.14. The third-order valence-corrected chi connectivity index (χ3v) is 3.09. The molecule has 1 fully saturated rings. The fourth-order valence-electron chi connectivity index (χ4n) is 1.95. The zero-order chi connectivity index (χ0) is 14.5. The molecule has 0 bridgehead atoms. The van der Waals surface area contributed by atoms with Crippen LogP contribution in [0.15, 0.2) is 30.3 Å². The summed E-state index contributed by atoms with van der Waals surface area (Å²) in [7, 11) is 0. The first kappa shape index (κ1) is 14.1. The number of carbonyl (C=O) groups excluding carboxylic acids is 1. The van der Waals surface area contributed by atoms with Crippen molar-refractivity contribution in [2.24, 2.45) is 5.92 Å². The van der Waals surface area contributed by atoms with E-state index in [1.54, 1.807) is 30.3 Å². The van der Waals surface area contributed by atoms with Gasteiger partial charge < -0.3 is 20.9 Å². The van der Waals surface area contributed by atoms with Crippen LogP contribution in [0.3, 0.4) is 0 Å². The Bertz CT molecular complexity index is 524. The minimum Gasteiger partial charge on any atom is -0.481 e. The molecule has 1 aliphatic rings. The number of nitrogens with two attached hydrogens (primary N) is 1. The van der Waals surface area contributed by atoms with Crippen LogP contribution in [0.25, 0.3) is 6.08 Å². The van der Waals surface area contributed by atoms with Gasteiger partial charge in [0.25, 0.3) is 0 Å². The van der Waals surface area contributed by atoms with E-state index in [4.69, 9.17) is 15.6 Å². The highest BCUT2D eigenvalue weighted by molar-refractivity contribution is 5.92. The molecular formula is C14H16N2O4. The monoisotopic (exact) mass is 276 g/mol. The van der Waals surface area contributed by atoms with Crippen molar-refractivity contribution in [1.82, 2.24) is 5.32 Å². The molecule has 20 heavy (non-hydrogen) atoms. The van der Waals surface area contributed by atoms with Crippen molar-refractivity contribution in [3.8, 4) is 0 Å². The highest BCUT2D eigenvalue weighted by Gasteiger charge is 2.34. The topological polar surface area (TPSA) is 102 Å². The lowest BCUT2D eigenvalue weighted by molar-refractivity contribution is -0.142. The maximum Gasteiger partial charge on any atom is 0.311 e. The van der Waals surface area contributed by atoms with Crippen LogP contribution in [0.1, 0.15) is 5.56 Å². The summed E-state index contributed by atoms with van der Waals surface area (Å²) >= 11 is 0. The summed E-state index contributed by atoms with van der Waals surface area (Å²) in [6.45, 7) is 0.348. The van der Waals surface area contributed by atoms with Gasteiger partial charge in [-0.3, -0.25) is 9.59 Å². The van der Waals surface area contributed by atoms with Gasteiger partial charge in [-0.05, 0) is 23.8 Å². The lowest BCUT2D eigenvalue weighted by Crippen LogP contribution is -2.41. The maximum atomic E-state index is 11.7. The average molecular weight is 276 g/mol. The van der Waals surface area contributed by atoms with E-state index in [-0.39, 0.29) is 19.1 Å². The number of benzene rings is 1. The summed E-state index contributed by atoms with van der Waals surface area (Å²) in [5.41, 5.74) is 7.05. The summed E-state index contributed by atoms with van der Waals surface area (Å²) in [6, 6.07) is 6.57. The van der Waals surface area contributed by atoms with Gasteiger partial charge >= 0.3 is 5.97 Å². The SMILES string of the molecule is Nc1ccc(/C=C/C(=O)NC2COCC2C(=O)O)cc1. The van der Waals surface area contributed by atoms with Crippen LogP contribution in [0.5, 0.6) is 0 Å². The van der Waals surface area contributed by atoms with Gasteiger partial charge in [0.05, 0.1) is 19.3 Å². The fourth-order valence-corrected chi connectivity index (χ4v) is 1.95. The second-order valence-electron chi connectivity index (χ2n) is 4.60. The maximum absolute atomic E-state index is 11.7. The summed E-state index contributed by atoms with van der Waals surface area (Å²) in [5, 5.41) is 11.6. The summed E-state index contributed by atoms with van der Waals surface area (Å²) in [5.74, 6) is -2.00. The molecule has 2 unspecified atom stereocenters. The van der Waals surface area contributed by atoms with E-state index < -0.39 is 17.9 Å². The molecule has 0 saturated carbocycles. The van der Waals surface area contributed by atoms with Gasteiger partial charge in [-0.25, -0.2) is 0 Å². The van der Waals surface area contributed by atoms with Gasteiger partial charge in [0.1, 0.15) is 5.92 Å². The highest BCUT2D eigenvalue weighted by Crippen LogP contribution is 2.14. The number of nitrogen functional groups attached to an aromatic ring is 1. The van der Waals surface area contributed by atoms with E-state index >= 15 is 0 Å². The standard InChI is InChI=1S/C14H16N2O4/c15-10-4-1-9(2-5-10)3-6-13(17)16-12-8-20-7-11(12)14(18)19/h1-6,11-12H,7-8,15H2,(H,16,17)(H,18,19)/b6-3+. The Morgan fingerprint density at radius 1 is 1.30 bits per heavy atom. The van der Waals surface area contributed by atoms with E-state index in [1.165, 1.54) is 6.08 Å². The largest absolute Gasteiger partial charge is 0.481 e. The zero-order valence-electron chi connectivity index (χ0n) is 10.8. The molecule has 0 aliphatic carbocycles. The first-order valence-electron chi connectivity index (χ1n) is 6.21. The highest BCUT2D eigenvalue weighted by atomic mass is 16.5. The molecule has 0 aromatic heterocycles. The Morgan fingerprint density at radius 3 is 2.65 bits per heavy atom. The van der Waals surface area contributed by atoms with Crippen LogP contribution in [-0.2, 0) is 14.3 Å². The van der Waals surface area contributed by atoms with E-state index in [0.29, 0.717) is 5.69 Å². The Morgan fingerprint density at radius 2 is 2.00 bits per heavy atom. The molecular weight excluding hydrogens is 260 g/mol. The fraction of sp³-hybridized carbons (Fsp3) is 0.286.